The monoisotopic (exact) mass is 260 g/mol. The third-order valence-corrected chi connectivity index (χ3v) is 2.73. The second kappa shape index (κ2) is 5.56. The maximum absolute atomic E-state index is 11.3. The van der Waals surface area contributed by atoms with Gasteiger partial charge in [0.15, 0.2) is 0 Å². The van der Waals surface area contributed by atoms with Crippen LogP contribution in [0, 0.1) is 13.8 Å². The number of rotatable bonds is 3. The molecule has 0 unspecified atom stereocenters. The highest BCUT2D eigenvalue weighted by Gasteiger charge is 2.11. The van der Waals surface area contributed by atoms with Crippen LogP contribution >= 0.6 is 0 Å². The van der Waals surface area contributed by atoms with E-state index in [-0.39, 0.29) is 0 Å². The molecule has 0 saturated carbocycles. The van der Waals surface area contributed by atoms with Crippen molar-refractivity contribution in [1.29, 1.82) is 0 Å². The van der Waals surface area contributed by atoms with Crippen molar-refractivity contribution < 1.29 is 14.1 Å². The lowest BCUT2D eigenvalue weighted by Crippen LogP contribution is -2.13. The minimum Gasteiger partial charge on any atom is -0.450 e. The van der Waals surface area contributed by atoms with E-state index in [0.29, 0.717) is 12.3 Å². The van der Waals surface area contributed by atoms with Crippen LogP contribution in [0.25, 0.3) is 11.1 Å². The highest BCUT2D eigenvalue weighted by Crippen LogP contribution is 2.27. The lowest BCUT2D eigenvalue weighted by molar-refractivity contribution is 0.168. The molecule has 2 rings (SSSR count). The standard InChI is InChI=1S/C14H16N2O3/c1-4-18-14(17)15-12-7-5-11(6-8-12)13-9(2)16-19-10(13)3/h5-8H,4H2,1-3H3,(H,15,17). The molecule has 2 aromatic rings. The molecule has 0 spiro atoms. The Morgan fingerprint density at radius 2 is 2.00 bits per heavy atom. The van der Waals surface area contributed by atoms with Crippen LogP contribution in [0.4, 0.5) is 10.5 Å². The molecule has 1 amide bonds. The Kier molecular flexibility index (Phi) is 3.85. The van der Waals surface area contributed by atoms with E-state index in [2.05, 4.69) is 10.5 Å². The first-order chi connectivity index (χ1) is 9.11. The van der Waals surface area contributed by atoms with Crippen LogP contribution in [0.5, 0.6) is 0 Å². The fourth-order valence-corrected chi connectivity index (χ4v) is 1.90. The summed E-state index contributed by atoms with van der Waals surface area (Å²) < 4.78 is 9.95. The van der Waals surface area contributed by atoms with Crippen LogP contribution < -0.4 is 5.32 Å². The molecule has 5 nitrogen and oxygen atoms in total. The maximum Gasteiger partial charge on any atom is 0.411 e. The van der Waals surface area contributed by atoms with Crippen molar-refractivity contribution in [2.24, 2.45) is 0 Å². The Labute approximate surface area is 111 Å². The number of aryl methyl sites for hydroxylation is 2. The lowest BCUT2D eigenvalue weighted by Gasteiger charge is -2.06. The van der Waals surface area contributed by atoms with Crippen LogP contribution in [0.15, 0.2) is 28.8 Å². The van der Waals surface area contributed by atoms with Gasteiger partial charge in [0.1, 0.15) is 5.76 Å². The van der Waals surface area contributed by atoms with Crippen LogP contribution in [-0.4, -0.2) is 17.9 Å². The molecule has 0 atom stereocenters. The van der Waals surface area contributed by atoms with Gasteiger partial charge in [-0.1, -0.05) is 17.3 Å². The number of hydrogen-bond donors (Lipinski definition) is 1. The topological polar surface area (TPSA) is 64.4 Å². The normalized spacial score (nSPS) is 10.3. The van der Waals surface area contributed by atoms with Gasteiger partial charge in [-0.3, -0.25) is 5.32 Å². The van der Waals surface area contributed by atoms with Gasteiger partial charge in [-0.15, -0.1) is 0 Å². The van der Waals surface area contributed by atoms with Gasteiger partial charge in [0.2, 0.25) is 0 Å². The van der Waals surface area contributed by atoms with Gasteiger partial charge in [0, 0.05) is 11.3 Å². The minimum atomic E-state index is -0.451. The van der Waals surface area contributed by atoms with Gasteiger partial charge in [-0.05, 0) is 38.5 Å². The van der Waals surface area contributed by atoms with Crippen molar-refractivity contribution in [3.05, 3.63) is 35.7 Å². The molecule has 1 heterocycles. The number of carbonyl (C=O) groups excluding carboxylic acids is 1. The van der Waals surface area contributed by atoms with Crippen molar-refractivity contribution in [2.75, 3.05) is 11.9 Å². The van der Waals surface area contributed by atoms with Crippen molar-refractivity contribution in [3.63, 3.8) is 0 Å². The fourth-order valence-electron chi connectivity index (χ4n) is 1.90. The van der Waals surface area contributed by atoms with Gasteiger partial charge in [-0.25, -0.2) is 4.79 Å². The predicted molar refractivity (Wildman–Crippen MR) is 72.1 cm³/mol. The van der Waals surface area contributed by atoms with Crippen molar-refractivity contribution in [2.45, 2.75) is 20.8 Å². The number of carbonyl (C=O) groups is 1. The summed E-state index contributed by atoms with van der Waals surface area (Å²) in [7, 11) is 0. The smallest absolute Gasteiger partial charge is 0.411 e. The first-order valence-corrected chi connectivity index (χ1v) is 6.09. The number of benzene rings is 1. The summed E-state index contributed by atoms with van der Waals surface area (Å²) >= 11 is 0. The van der Waals surface area contributed by atoms with Crippen molar-refractivity contribution >= 4 is 11.8 Å². The van der Waals surface area contributed by atoms with E-state index in [4.69, 9.17) is 9.26 Å². The van der Waals surface area contributed by atoms with Crippen LogP contribution in [0.2, 0.25) is 0 Å². The van der Waals surface area contributed by atoms with Gasteiger partial charge < -0.3 is 9.26 Å². The van der Waals surface area contributed by atoms with Crippen LogP contribution in [0.1, 0.15) is 18.4 Å². The fraction of sp³-hybridized carbons (Fsp3) is 0.286. The van der Waals surface area contributed by atoms with Gasteiger partial charge >= 0.3 is 6.09 Å². The van der Waals surface area contributed by atoms with Gasteiger partial charge in [0.05, 0.1) is 12.3 Å². The number of anilines is 1. The van der Waals surface area contributed by atoms with E-state index < -0.39 is 6.09 Å². The summed E-state index contributed by atoms with van der Waals surface area (Å²) in [5.41, 5.74) is 3.53. The Bertz CT molecular complexity index is 553. The van der Waals surface area contributed by atoms with Gasteiger partial charge in [0.25, 0.3) is 0 Å². The van der Waals surface area contributed by atoms with Crippen LogP contribution in [-0.2, 0) is 4.74 Å². The summed E-state index contributed by atoms with van der Waals surface area (Å²) in [6.45, 7) is 5.89. The average molecular weight is 260 g/mol. The number of nitrogens with one attached hydrogen (secondary N) is 1. The molecule has 1 N–H and O–H groups in total. The van der Waals surface area contributed by atoms with E-state index in [1.54, 1.807) is 6.92 Å². The Hall–Kier alpha value is -2.30. The molecule has 0 bridgehead atoms. The molecule has 1 aromatic carbocycles. The average Bonchev–Trinajstić information content (AvgIpc) is 2.71. The molecule has 0 aliphatic heterocycles. The predicted octanol–water partition coefficient (Wildman–Crippen LogP) is 3.53. The largest absolute Gasteiger partial charge is 0.450 e. The second-order valence-corrected chi connectivity index (χ2v) is 4.12. The number of ether oxygens (including phenoxy) is 1. The van der Waals surface area contributed by atoms with E-state index in [1.807, 2.05) is 38.1 Å². The zero-order valence-electron chi connectivity index (χ0n) is 11.2. The van der Waals surface area contributed by atoms with Crippen molar-refractivity contribution in [3.8, 4) is 11.1 Å². The zero-order chi connectivity index (χ0) is 13.8. The molecule has 0 aliphatic carbocycles. The maximum atomic E-state index is 11.3. The summed E-state index contributed by atoms with van der Waals surface area (Å²) in [6, 6.07) is 7.46. The Morgan fingerprint density at radius 3 is 2.53 bits per heavy atom. The first-order valence-electron chi connectivity index (χ1n) is 6.09. The second-order valence-electron chi connectivity index (χ2n) is 4.12. The molecular formula is C14H16N2O3. The molecule has 0 fully saturated rings. The third kappa shape index (κ3) is 2.93. The third-order valence-electron chi connectivity index (χ3n) is 2.73. The molecule has 0 saturated heterocycles. The highest BCUT2D eigenvalue weighted by atomic mass is 16.5. The molecular weight excluding hydrogens is 244 g/mol. The molecule has 0 radical (unpaired) electrons. The van der Waals surface area contributed by atoms with E-state index in [1.165, 1.54) is 0 Å². The SMILES string of the molecule is CCOC(=O)Nc1ccc(-c2c(C)noc2C)cc1. The molecule has 1 aromatic heterocycles. The lowest BCUT2D eigenvalue weighted by atomic mass is 10.0. The molecule has 100 valence electrons. The summed E-state index contributed by atoms with van der Waals surface area (Å²) in [5.74, 6) is 0.781. The molecule has 0 aliphatic rings. The quantitative estimate of drug-likeness (QED) is 0.916. The Balaban J connectivity index is 2.17. The van der Waals surface area contributed by atoms with E-state index in [0.717, 1.165) is 22.6 Å². The molecule has 5 heteroatoms. The molecule has 19 heavy (non-hydrogen) atoms. The van der Waals surface area contributed by atoms with E-state index >= 15 is 0 Å². The van der Waals surface area contributed by atoms with Crippen LogP contribution in [0.3, 0.4) is 0 Å². The number of aromatic nitrogens is 1. The van der Waals surface area contributed by atoms with E-state index in [9.17, 15) is 4.79 Å². The Morgan fingerprint density at radius 1 is 1.32 bits per heavy atom. The minimum absolute atomic E-state index is 0.350. The van der Waals surface area contributed by atoms with Gasteiger partial charge in [-0.2, -0.15) is 0 Å². The number of hydrogen-bond acceptors (Lipinski definition) is 4. The number of amides is 1. The van der Waals surface area contributed by atoms with Crippen molar-refractivity contribution in [1.82, 2.24) is 5.16 Å². The highest BCUT2D eigenvalue weighted by molar-refractivity contribution is 5.85. The first kappa shape index (κ1) is 13.1. The number of nitrogens with zero attached hydrogens (tertiary/aromatic N) is 1. The summed E-state index contributed by atoms with van der Waals surface area (Å²) in [4.78, 5) is 11.3. The summed E-state index contributed by atoms with van der Waals surface area (Å²) in [5, 5.41) is 6.57. The summed E-state index contributed by atoms with van der Waals surface area (Å²) in [6.07, 6.45) is -0.451. The zero-order valence-corrected chi connectivity index (χ0v) is 11.2.